The predicted molar refractivity (Wildman–Crippen MR) is 80.2 cm³/mol. The first-order valence-electron chi connectivity index (χ1n) is 5.75. The fourth-order valence-corrected chi connectivity index (χ4v) is 3.93. The van der Waals surface area contributed by atoms with Gasteiger partial charge >= 0.3 is 0 Å². The predicted octanol–water partition coefficient (Wildman–Crippen LogP) is 1.65. The van der Waals surface area contributed by atoms with Gasteiger partial charge in [0.2, 0.25) is 10.0 Å². The van der Waals surface area contributed by atoms with Crippen LogP contribution in [0.15, 0.2) is 23.1 Å². The molecule has 0 aliphatic rings. The highest BCUT2D eigenvalue weighted by Crippen LogP contribution is 2.29. The van der Waals surface area contributed by atoms with Crippen molar-refractivity contribution in [1.29, 1.82) is 0 Å². The topological polar surface area (TPSA) is 72.6 Å². The quantitative estimate of drug-likeness (QED) is 0.809. The number of nitrogens with two attached hydrogens (primary N) is 1. The SMILES string of the molecule is COc1cc(N)ccc1S(=O)(=O)N(C)C(C)CSC. The molecule has 5 nitrogen and oxygen atoms in total. The van der Waals surface area contributed by atoms with E-state index in [2.05, 4.69) is 0 Å². The molecule has 0 aliphatic heterocycles. The highest BCUT2D eigenvalue weighted by atomic mass is 32.2. The molecular formula is C12H20N2O3S2. The van der Waals surface area contributed by atoms with Crippen molar-refractivity contribution in [2.75, 3.05) is 31.9 Å². The van der Waals surface area contributed by atoms with E-state index in [4.69, 9.17) is 10.5 Å². The van der Waals surface area contributed by atoms with Gasteiger partial charge in [0, 0.05) is 30.6 Å². The number of ether oxygens (including phenoxy) is 1. The molecule has 0 fully saturated rings. The molecule has 0 radical (unpaired) electrons. The van der Waals surface area contributed by atoms with Crippen LogP contribution in [-0.4, -0.2) is 44.9 Å². The van der Waals surface area contributed by atoms with Gasteiger partial charge in [0.15, 0.2) is 0 Å². The van der Waals surface area contributed by atoms with Crippen LogP contribution < -0.4 is 10.5 Å². The zero-order valence-corrected chi connectivity index (χ0v) is 13.2. The molecule has 1 aromatic rings. The molecule has 1 rings (SSSR count). The summed E-state index contributed by atoms with van der Waals surface area (Å²) in [6.07, 6.45) is 1.95. The lowest BCUT2D eigenvalue weighted by atomic mass is 10.3. The Bertz CT molecular complexity index is 532. The van der Waals surface area contributed by atoms with Crippen LogP contribution in [-0.2, 0) is 10.0 Å². The van der Waals surface area contributed by atoms with Crippen molar-refractivity contribution in [3.05, 3.63) is 18.2 Å². The number of anilines is 1. The number of methoxy groups -OCH3 is 1. The van der Waals surface area contributed by atoms with Gasteiger partial charge in [-0.1, -0.05) is 0 Å². The molecule has 0 spiro atoms. The molecule has 0 saturated carbocycles. The molecule has 0 saturated heterocycles. The first-order valence-corrected chi connectivity index (χ1v) is 8.58. The molecular weight excluding hydrogens is 284 g/mol. The summed E-state index contributed by atoms with van der Waals surface area (Å²) >= 11 is 1.60. The average Bonchev–Trinajstić information content (AvgIpc) is 2.37. The second kappa shape index (κ2) is 6.49. The Morgan fingerprint density at radius 2 is 2.11 bits per heavy atom. The van der Waals surface area contributed by atoms with E-state index in [1.54, 1.807) is 24.9 Å². The second-order valence-corrected chi connectivity index (χ2v) is 7.11. The van der Waals surface area contributed by atoms with Gasteiger partial charge in [-0.15, -0.1) is 0 Å². The van der Waals surface area contributed by atoms with E-state index in [1.165, 1.54) is 23.5 Å². The molecule has 0 amide bonds. The van der Waals surface area contributed by atoms with Crippen molar-refractivity contribution in [1.82, 2.24) is 4.31 Å². The largest absolute Gasteiger partial charge is 0.495 e. The Hall–Kier alpha value is -0.920. The molecule has 1 unspecified atom stereocenters. The summed E-state index contributed by atoms with van der Waals surface area (Å²) in [6, 6.07) is 4.45. The smallest absolute Gasteiger partial charge is 0.246 e. The number of hydrogen-bond acceptors (Lipinski definition) is 5. The minimum atomic E-state index is -3.58. The van der Waals surface area contributed by atoms with E-state index >= 15 is 0 Å². The lowest BCUT2D eigenvalue weighted by Gasteiger charge is -2.24. The van der Waals surface area contributed by atoms with Crippen molar-refractivity contribution in [2.24, 2.45) is 0 Å². The van der Waals surface area contributed by atoms with E-state index in [0.717, 1.165) is 5.75 Å². The summed E-state index contributed by atoms with van der Waals surface area (Å²) in [4.78, 5) is 0.139. The zero-order valence-electron chi connectivity index (χ0n) is 11.6. The Morgan fingerprint density at radius 1 is 1.47 bits per heavy atom. The maximum absolute atomic E-state index is 12.5. The summed E-state index contributed by atoms with van der Waals surface area (Å²) in [7, 11) is -0.575. The van der Waals surface area contributed by atoms with Gasteiger partial charge in [0.25, 0.3) is 0 Å². The number of rotatable bonds is 6. The summed E-state index contributed by atoms with van der Waals surface area (Å²) < 4.78 is 31.5. The number of nitrogens with zero attached hydrogens (tertiary/aromatic N) is 1. The lowest BCUT2D eigenvalue weighted by Crippen LogP contribution is -2.36. The van der Waals surface area contributed by atoms with Gasteiger partial charge in [-0.3, -0.25) is 0 Å². The van der Waals surface area contributed by atoms with Gasteiger partial charge in [-0.25, -0.2) is 8.42 Å². The number of nitrogen functional groups attached to an aromatic ring is 1. The maximum Gasteiger partial charge on any atom is 0.246 e. The Morgan fingerprint density at radius 3 is 2.63 bits per heavy atom. The molecule has 0 aliphatic carbocycles. The molecule has 108 valence electrons. The van der Waals surface area contributed by atoms with Crippen molar-refractivity contribution in [2.45, 2.75) is 17.9 Å². The first kappa shape index (κ1) is 16.1. The summed E-state index contributed by atoms with van der Waals surface area (Å²) in [5.74, 6) is 0.996. The Balaban J connectivity index is 3.20. The normalized spacial score (nSPS) is 13.5. The minimum absolute atomic E-state index is 0.0951. The van der Waals surface area contributed by atoms with Gasteiger partial charge in [-0.2, -0.15) is 16.1 Å². The highest BCUT2D eigenvalue weighted by Gasteiger charge is 2.28. The minimum Gasteiger partial charge on any atom is -0.495 e. The van der Waals surface area contributed by atoms with Gasteiger partial charge < -0.3 is 10.5 Å². The van der Waals surface area contributed by atoms with Crippen LogP contribution in [0.25, 0.3) is 0 Å². The standard InChI is InChI=1S/C12H20N2O3S2/c1-9(8-18-4)14(2)19(15,16)12-6-5-10(13)7-11(12)17-3/h5-7,9H,8,13H2,1-4H3. The Kier molecular flexibility index (Phi) is 5.51. The monoisotopic (exact) mass is 304 g/mol. The first-order chi connectivity index (χ1) is 8.84. The van der Waals surface area contributed by atoms with Crippen molar-refractivity contribution in [3.63, 3.8) is 0 Å². The molecule has 1 atom stereocenters. The fourth-order valence-electron chi connectivity index (χ4n) is 1.64. The maximum atomic E-state index is 12.5. The molecule has 0 bridgehead atoms. The van der Waals surface area contributed by atoms with E-state index in [-0.39, 0.29) is 16.7 Å². The zero-order chi connectivity index (χ0) is 14.6. The second-order valence-electron chi connectivity index (χ2n) is 4.24. The average molecular weight is 304 g/mol. The van der Waals surface area contributed by atoms with E-state index in [1.807, 2.05) is 13.2 Å². The third-order valence-corrected chi connectivity index (χ3v) is 5.70. The van der Waals surface area contributed by atoms with Crippen molar-refractivity contribution >= 4 is 27.5 Å². The van der Waals surface area contributed by atoms with Crippen LogP contribution in [0.4, 0.5) is 5.69 Å². The van der Waals surface area contributed by atoms with Crippen LogP contribution in [0, 0.1) is 0 Å². The Labute approximate surface area is 119 Å². The van der Waals surface area contributed by atoms with Crippen LogP contribution in [0.3, 0.4) is 0 Å². The third-order valence-electron chi connectivity index (χ3n) is 2.87. The molecule has 0 heterocycles. The third kappa shape index (κ3) is 3.55. The van der Waals surface area contributed by atoms with Crippen LogP contribution >= 0.6 is 11.8 Å². The van der Waals surface area contributed by atoms with Crippen LogP contribution in [0.2, 0.25) is 0 Å². The molecule has 7 heteroatoms. The van der Waals surface area contributed by atoms with Crippen molar-refractivity contribution < 1.29 is 13.2 Å². The van der Waals surface area contributed by atoms with Crippen LogP contribution in [0.1, 0.15) is 6.92 Å². The van der Waals surface area contributed by atoms with E-state index < -0.39 is 10.0 Å². The molecule has 1 aromatic carbocycles. The number of thioether (sulfide) groups is 1. The number of hydrogen-bond donors (Lipinski definition) is 1. The lowest BCUT2D eigenvalue weighted by molar-refractivity contribution is 0.389. The van der Waals surface area contributed by atoms with Crippen molar-refractivity contribution in [3.8, 4) is 5.75 Å². The van der Waals surface area contributed by atoms with Gasteiger partial charge in [-0.05, 0) is 25.3 Å². The summed E-state index contributed by atoms with van der Waals surface area (Å²) in [5, 5.41) is 0. The van der Waals surface area contributed by atoms with Gasteiger partial charge in [0.05, 0.1) is 7.11 Å². The van der Waals surface area contributed by atoms with E-state index in [0.29, 0.717) is 5.69 Å². The molecule has 19 heavy (non-hydrogen) atoms. The molecule has 0 aromatic heterocycles. The number of sulfonamides is 1. The number of benzene rings is 1. The summed E-state index contributed by atoms with van der Waals surface area (Å²) in [5.41, 5.74) is 6.11. The van der Waals surface area contributed by atoms with Crippen LogP contribution in [0.5, 0.6) is 5.75 Å². The highest BCUT2D eigenvalue weighted by molar-refractivity contribution is 7.98. The fraction of sp³-hybridized carbons (Fsp3) is 0.500. The van der Waals surface area contributed by atoms with Gasteiger partial charge in [0.1, 0.15) is 10.6 Å². The summed E-state index contributed by atoms with van der Waals surface area (Å²) in [6.45, 7) is 1.87. The molecule has 2 N–H and O–H groups in total. The van der Waals surface area contributed by atoms with E-state index in [9.17, 15) is 8.42 Å².